The van der Waals surface area contributed by atoms with E-state index in [9.17, 15) is 27.0 Å². The first-order valence-corrected chi connectivity index (χ1v) is 13.9. The largest absolute Gasteiger partial charge is 0.506 e. The van der Waals surface area contributed by atoms with Gasteiger partial charge in [0.1, 0.15) is 11.5 Å². The zero-order chi connectivity index (χ0) is 23.8. The third-order valence-corrected chi connectivity index (χ3v) is 7.63. The normalized spacial score (nSPS) is 11.9. The topological polar surface area (TPSA) is 133 Å². The molecule has 0 atom stereocenters. The maximum absolute atomic E-state index is 12.2. The Hall–Kier alpha value is -2.46. The second-order valence-electron chi connectivity index (χ2n) is 8.00. The molecule has 178 valence electrons. The minimum absolute atomic E-state index is 0.0430. The standard InChI is InChI=1S/C22H32N2O6S2/c1-17-9-11-21(25)19(15-17)23-31(27,28)13-7-5-3-4-6-8-14-32(29,30)24-20-16-18(2)10-12-22(20)26/h9-12,15-16,23-26H,3-8,13-14H2,1-2H3. The zero-order valence-electron chi connectivity index (χ0n) is 18.5. The first kappa shape index (κ1) is 25.8. The summed E-state index contributed by atoms with van der Waals surface area (Å²) >= 11 is 0. The van der Waals surface area contributed by atoms with Gasteiger partial charge in [-0.1, -0.05) is 37.8 Å². The average Bonchev–Trinajstić information content (AvgIpc) is 2.69. The van der Waals surface area contributed by atoms with Gasteiger partial charge in [-0.3, -0.25) is 9.44 Å². The van der Waals surface area contributed by atoms with Gasteiger partial charge in [0.2, 0.25) is 20.0 Å². The third-order valence-electron chi connectivity index (χ3n) is 4.91. The van der Waals surface area contributed by atoms with Crippen LogP contribution in [-0.4, -0.2) is 38.6 Å². The summed E-state index contributed by atoms with van der Waals surface area (Å²) < 4.78 is 53.6. The monoisotopic (exact) mass is 484 g/mol. The molecule has 0 aliphatic heterocycles. The number of sulfonamides is 2. The highest BCUT2D eigenvalue weighted by atomic mass is 32.2. The smallest absolute Gasteiger partial charge is 0.232 e. The minimum atomic E-state index is -3.55. The van der Waals surface area contributed by atoms with E-state index < -0.39 is 20.0 Å². The van der Waals surface area contributed by atoms with Crippen LogP contribution in [0.3, 0.4) is 0 Å². The molecule has 0 aliphatic carbocycles. The van der Waals surface area contributed by atoms with E-state index in [2.05, 4.69) is 9.44 Å². The van der Waals surface area contributed by atoms with Crippen molar-refractivity contribution in [2.75, 3.05) is 20.9 Å². The lowest BCUT2D eigenvalue weighted by atomic mass is 10.1. The fourth-order valence-electron chi connectivity index (χ4n) is 3.19. The first-order valence-electron chi connectivity index (χ1n) is 10.6. The number of phenols is 2. The first-order chi connectivity index (χ1) is 15.0. The van der Waals surface area contributed by atoms with Crippen molar-refractivity contribution in [1.82, 2.24) is 0 Å². The van der Waals surface area contributed by atoms with Gasteiger partial charge in [-0.15, -0.1) is 0 Å². The van der Waals surface area contributed by atoms with Crippen molar-refractivity contribution in [3.63, 3.8) is 0 Å². The molecule has 10 heteroatoms. The number of unbranched alkanes of at least 4 members (excludes halogenated alkanes) is 5. The van der Waals surface area contributed by atoms with Gasteiger partial charge in [-0.2, -0.15) is 0 Å². The maximum Gasteiger partial charge on any atom is 0.232 e. The molecule has 0 saturated heterocycles. The molecule has 2 aromatic rings. The molecule has 8 nitrogen and oxygen atoms in total. The Labute approximate surface area is 190 Å². The number of rotatable bonds is 13. The molecule has 0 saturated carbocycles. The van der Waals surface area contributed by atoms with Crippen molar-refractivity contribution >= 4 is 31.4 Å². The molecule has 0 fully saturated rings. The number of aromatic hydroxyl groups is 2. The molecule has 2 aromatic carbocycles. The molecule has 0 amide bonds. The van der Waals surface area contributed by atoms with Crippen LogP contribution in [0.2, 0.25) is 0 Å². The lowest BCUT2D eigenvalue weighted by molar-refractivity contribution is 0.477. The summed E-state index contributed by atoms with van der Waals surface area (Å²) in [5, 5.41) is 19.5. The van der Waals surface area contributed by atoms with E-state index in [0.29, 0.717) is 25.7 Å². The van der Waals surface area contributed by atoms with E-state index in [-0.39, 0.29) is 34.4 Å². The molecule has 0 spiro atoms. The van der Waals surface area contributed by atoms with Crippen LogP contribution >= 0.6 is 0 Å². The number of nitrogens with one attached hydrogen (secondary N) is 2. The third kappa shape index (κ3) is 8.96. The van der Waals surface area contributed by atoms with Gasteiger partial charge in [0.05, 0.1) is 22.9 Å². The Bertz CT molecular complexity index is 1030. The van der Waals surface area contributed by atoms with Crippen LogP contribution in [-0.2, 0) is 20.0 Å². The summed E-state index contributed by atoms with van der Waals surface area (Å²) in [5.74, 6) is -0.306. The van der Waals surface area contributed by atoms with Gasteiger partial charge in [0.15, 0.2) is 0 Å². The Morgan fingerprint density at radius 3 is 1.34 bits per heavy atom. The van der Waals surface area contributed by atoms with Crippen LogP contribution in [0, 0.1) is 13.8 Å². The predicted molar refractivity (Wildman–Crippen MR) is 128 cm³/mol. The molecule has 0 aromatic heterocycles. The van der Waals surface area contributed by atoms with E-state index in [4.69, 9.17) is 0 Å². The van der Waals surface area contributed by atoms with Crippen molar-refractivity contribution < 1.29 is 27.0 Å². The van der Waals surface area contributed by atoms with Gasteiger partial charge < -0.3 is 10.2 Å². The van der Waals surface area contributed by atoms with E-state index in [0.717, 1.165) is 24.0 Å². The van der Waals surface area contributed by atoms with Crippen LogP contribution in [0.15, 0.2) is 36.4 Å². The summed E-state index contributed by atoms with van der Waals surface area (Å²) in [5.41, 5.74) is 2.04. The highest BCUT2D eigenvalue weighted by Crippen LogP contribution is 2.26. The summed E-state index contributed by atoms with van der Waals surface area (Å²) in [6.45, 7) is 3.62. The molecule has 32 heavy (non-hydrogen) atoms. The SMILES string of the molecule is Cc1ccc(O)c(NS(=O)(=O)CCCCCCCCS(=O)(=O)Nc2cc(C)ccc2O)c1. The van der Waals surface area contributed by atoms with Crippen molar-refractivity contribution in [2.24, 2.45) is 0 Å². The van der Waals surface area contributed by atoms with Crippen molar-refractivity contribution in [1.29, 1.82) is 0 Å². The van der Waals surface area contributed by atoms with Crippen LogP contribution in [0.25, 0.3) is 0 Å². The maximum atomic E-state index is 12.2. The van der Waals surface area contributed by atoms with E-state index in [1.807, 2.05) is 13.8 Å². The fraction of sp³-hybridized carbons (Fsp3) is 0.455. The average molecular weight is 485 g/mol. The van der Waals surface area contributed by atoms with E-state index in [1.165, 1.54) is 12.1 Å². The fourth-order valence-corrected chi connectivity index (χ4v) is 5.56. The van der Waals surface area contributed by atoms with Crippen molar-refractivity contribution in [3.05, 3.63) is 47.5 Å². The molecule has 0 unspecified atom stereocenters. The predicted octanol–water partition coefficient (Wildman–Crippen LogP) is 4.24. The number of anilines is 2. The Morgan fingerprint density at radius 2 is 0.969 bits per heavy atom. The van der Waals surface area contributed by atoms with Crippen molar-refractivity contribution in [2.45, 2.75) is 52.4 Å². The van der Waals surface area contributed by atoms with Crippen LogP contribution in [0.5, 0.6) is 11.5 Å². The lowest BCUT2D eigenvalue weighted by Gasteiger charge is -2.11. The van der Waals surface area contributed by atoms with E-state index in [1.54, 1.807) is 24.3 Å². The molecule has 0 bridgehead atoms. The second kappa shape index (κ2) is 11.4. The Kier molecular flexibility index (Phi) is 9.21. The molecule has 4 N–H and O–H groups in total. The molecule has 2 rings (SSSR count). The number of phenolic OH excluding ortho intramolecular Hbond substituents is 2. The van der Waals surface area contributed by atoms with Gasteiger partial charge in [-0.05, 0) is 62.1 Å². The van der Waals surface area contributed by atoms with Gasteiger partial charge in [-0.25, -0.2) is 16.8 Å². The second-order valence-corrected chi connectivity index (χ2v) is 11.7. The molecule has 0 heterocycles. The molecular formula is C22H32N2O6S2. The van der Waals surface area contributed by atoms with Crippen LogP contribution in [0.1, 0.15) is 49.7 Å². The van der Waals surface area contributed by atoms with Crippen LogP contribution < -0.4 is 9.44 Å². The van der Waals surface area contributed by atoms with Gasteiger partial charge in [0, 0.05) is 0 Å². The highest BCUT2D eigenvalue weighted by molar-refractivity contribution is 7.92. The number of benzene rings is 2. The van der Waals surface area contributed by atoms with Crippen molar-refractivity contribution in [3.8, 4) is 11.5 Å². The van der Waals surface area contributed by atoms with Gasteiger partial charge in [0.25, 0.3) is 0 Å². The summed E-state index contributed by atoms with van der Waals surface area (Å²) in [7, 11) is -7.09. The quantitative estimate of drug-likeness (QED) is 0.248. The Balaban J connectivity index is 1.63. The number of hydrogen-bond acceptors (Lipinski definition) is 6. The molecule has 0 radical (unpaired) electrons. The number of aryl methyl sites for hydroxylation is 2. The highest BCUT2D eigenvalue weighted by Gasteiger charge is 2.14. The molecular weight excluding hydrogens is 452 g/mol. The Morgan fingerprint density at radius 1 is 0.625 bits per heavy atom. The summed E-state index contributed by atoms with van der Waals surface area (Å²) in [6.07, 6.45) is 3.99. The lowest BCUT2D eigenvalue weighted by Crippen LogP contribution is -2.17. The summed E-state index contributed by atoms with van der Waals surface area (Å²) in [4.78, 5) is 0. The van der Waals surface area contributed by atoms with E-state index >= 15 is 0 Å². The minimum Gasteiger partial charge on any atom is -0.506 e. The number of hydrogen-bond donors (Lipinski definition) is 4. The molecule has 0 aliphatic rings. The zero-order valence-corrected chi connectivity index (χ0v) is 20.1. The van der Waals surface area contributed by atoms with Crippen LogP contribution in [0.4, 0.5) is 11.4 Å². The van der Waals surface area contributed by atoms with Gasteiger partial charge >= 0.3 is 0 Å². The summed E-state index contributed by atoms with van der Waals surface area (Å²) in [6, 6.07) is 9.45.